The van der Waals surface area contributed by atoms with Crippen molar-refractivity contribution in [1.82, 2.24) is 14.4 Å². The molecule has 0 aliphatic heterocycles. The van der Waals surface area contributed by atoms with E-state index >= 15 is 0 Å². The fourth-order valence-corrected chi connectivity index (χ4v) is 3.67. The first-order valence-electron chi connectivity index (χ1n) is 7.31. The number of fused-ring (bicyclic) bond motifs is 1. The van der Waals surface area contributed by atoms with Gasteiger partial charge in [0.25, 0.3) is 21.3 Å². The van der Waals surface area contributed by atoms with Gasteiger partial charge in [-0.25, -0.2) is 0 Å². The maximum atomic E-state index is 13.0. The van der Waals surface area contributed by atoms with Crippen LogP contribution < -0.4 is 15.0 Å². The zero-order chi connectivity index (χ0) is 19.8. The third-order valence-corrected chi connectivity index (χ3v) is 5.27. The highest BCUT2D eigenvalue weighted by atomic mass is 32.2. The molecule has 0 spiro atoms. The summed E-state index contributed by atoms with van der Waals surface area (Å²) in [5, 5.41) is 17.8. The van der Waals surface area contributed by atoms with Crippen LogP contribution in [0.5, 0.6) is 11.5 Å². The molecule has 140 valence electrons. The Morgan fingerprint density at radius 3 is 2.48 bits per heavy atom. The summed E-state index contributed by atoms with van der Waals surface area (Å²) in [6.07, 6.45) is 0. The number of ether oxygens (including phenoxy) is 2. The summed E-state index contributed by atoms with van der Waals surface area (Å²) in [6.45, 7) is 0. The van der Waals surface area contributed by atoms with E-state index in [1.165, 1.54) is 38.5 Å². The molecule has 0 aliphatic rings. The molecule has 1 heterocycles. The van der Waals surface area contributed by atoms with E-state index in [0.29, 0.717) is 0 Å². The average molecular weight is 392 g/mol. The number of nitro groups is 1. The molecule has 0 saturated heterocycles. The van der Waals surface area contributed by atoms with Crippen molar-refractivity contribution in [3.8, 4) is 11.5 Å². The smallest absolute Gasteiger partial charge is 0.292 e. The largest absolute Gasteiger partial charge is 0.497 e. The van der Waals surface area contributed by atoms with Gasteiger partial charge in [0.2, 0.25) is 0 Å². The first-order valence-corrected chi connectivity index (χ1v) is 8.75. The lowest BCUT2D eigenvalue weighted by Gasteiger charge is -2.11. The topological polar surface area (TPSA) is 144 Å². The normalized spacial score (nSPS) is 11.3. The van der Waals surface area contributed by atoms with Crippen LogP contribution in [0.15, 0.2) is 46.1 Å². The van der Waals surface area contributed by atoms with Crippen LogP contribution in [0.25, 0.3) is 10.9 Å². The summed E-state index contributed by atoms with van der Waals surface area (Å²) < 4.78 is 36.1. The molecular formula is C15H12N4O7S. The zero-order valence-electron chi connectivity index (χ0n) is 14.0. The number of aromatic nitrogens is 3. The van der Waals surface area contributed by atoms with Crippen LogP contribution in [0.3, 0.4) is 0 Å². The minimum absolute atomic E-state index is 0.0228. The Bertz CT molecular complexity index is 1220. The molecule has 3 aromatic rings. The lowest BCUT2D eigenvalue weighted by Crippen LogP contribution is -2.31. The highest BCUT2D eigenvalue weighted by Gasteiger charge is 2.27. The standard InChI is InChI=1S/C15H12N4O7S/c1-25-10-4-6-13(26-2)14(8-10)27(23,24)18-15(20)11-7-9(19(21)22)3-5-12(11)16-17-18/h3-8H,1-2H3. The van der Waals surface area contributed by atoms with Gasteiger partial charge < -0.3 is 9.47 Å². The number of benzene rings is 2. The monoisotopic (exact) mass is 392 g/mol. The number of nitrogens with zero attached hydrogens (tertiary/aromatic N) is 4. The van der Waals surface area contributed by atoms with Crippen LogP contribution in [-0.4, -0.2) is 42.0 Å². The molecule has 0 amide bonds. The molecule has 0 fully saturated rings. The van der Waals surface area contributed by atoms with Crippen molar-refractivity contribution in [2.45, 2.75) is 4.90 Å². The minimum Gasteiger partial charge on any atom is -0.497 e. The third-order valence-electron chi connectivity index (χ3n) is 3.71. The van der Waals surface area contributed by atoms with E-state index in [2.05, 4.69) is 10.3 Å². The fourth-order valence-electron chi connectivity index (χ4n) is 2.36. The Balaban J connectivity index is 2.30. The number of nitro benzene ring substituents is 1. The number of hydrogen-bond donors (Lipinski definition) is 0. The number of methoxy groups -OCH3 is 2. The average Bonchev–Trinajstić information content (AvgIpc) is 2.67. The van der Waals surface area contributed by atoms with Gasteiger partial charge in [-0.3, -0.25) is 14.9 Å². The summed E-state index contributed by atoms with van der Waals surface area (Å²) in [4.78, 5) is 22.5. The quantitative estimate of drug-likeness (QED) is 0.458. The summed E-state index contributed by atoms with van der Waals surface area (Å²) in [5.74, 6) is 0.176. The van der Waals surface area contributed by atoms with Crippen LogP contribution >= 0.6 is 0 Å². The van der Waals surface area contributed by atoms with Gasteiger partial charge in [0.05, 0.1) is 24.5 Å². The van der Waals surface area contributed by atoms with E-state index in [9.17, 15) is 23.3 Å². The molecule has 0 N–H and O–H groups in total. The van der Waals surface area contributed by atoms with Crippen LogP contribution in [0, 0.1) is 10.1 Å². The first-order chi connectivity index (χ1) is 12.8. The van der Waals surface area contributed by atoms with E-state index in [1.807, 2.05) is 0 Å². The second-order valence-electron chi connectivity index (χ2n) is 5.22. The number of hydrogen-bond acceptors (Lipinski definition) is 9. The summed E-state index contributed by atoms with van der Waals surface area (Å²) in [6, 6.07) is 7.30. The van der Waals surface area contributed by atoms with Gasteiger partial charge in [0, 0.05) is 18.2 Å². The van der Waals surface area contributed by atoms with Gasteiger partial charge in [-0.1, -0.05) is 4.09 Å². The number of rotatable bonds is 5. The molecule has 12 heteroatoms. The van der Waals surface area contributed by atoms with Crippen molar-refractivity contribution in [2.75, 3.05) is 14.2 Å². The Labute approximate surface area is 152 Å². The summed E-state index contributed by atoms with van der Waals surface area (Å²) in [7, 11) is -1.90. The van der Waals surface area contributed by atoms with Gasteiger partial charge >= 0.3 is 0 Å². The lowest BCUT2D eigenvalue weighted by atomic mass is 10.2. The van der Waals surface area contributed by atoms with E-state index in [1.54, 1.807) is 0 Å². The second-order valence-corrected chi connectivity index (χ2v) is 6.95. The van der Waals surface area contributed by atoms with E-state index < -0.39 is 20.5 Å². The molecule has 0 bridgehead atoms. The first kappa shape index (κ1) is 18.3. The van der Waals surface area contributed by atoms with Crippen molar-refractivity contribution in [3.63, 3.8) is 0 Å². The fraction of sp³-hybridized carbons (Fsp3) is 0.133. The molecule has 0 radical (unpaired) electrons. The van der Waals surface area contributed by atoms with Gasteiger partial charge in [0.15, 0.2) is 0 Å². The number of non-ortho nitro benzene ring substituents is 1. The van der Waals surface area contributed by atoms with Crippen LogP contribution in [-0.2, 0) is 10.0 Å². The van der Waals surface area contributed by atoms with Crippen molar-refractivity contribution in [1.29, 1.82) is 0 Å². The molecule has 27 heavy (non-hydrogen) atoms. The van der Waals surface area contributed by atoms with Crippen molar-refractivity contribution < 1.29 is 22.8 Å². The highest BCUT2D eigenvalue weighted by molar-refractivity contribution is 7.90. The summed E-state index contributed by atoms with van der Waals surface area (Å²) >= 11 is 0. The van der Waals surface area contributed by atoms with Gasteiger partial charge in [-0.05, 0) is 23.4 Å². The Morgan fingerprint density at radius 1 is 1.11 bits per heavy atom. The molecule has 1 aromatic heterocycles. The second kappa shape index (κ2) is 6.64. The highest BCUT2D eigenvalue weighted by Crippen LogP contribution is 2.29. The molecule has 0 aliphatic carbocycles. The van der Waals surface area contributed by atoms with Crippen molar-refractivity contribution in [2.24, 2.45) is 0 Å². The molecule has 3 rings (SSSR count). The maximum absolute atomic E-state index is 13.0. The Morgan fingerprint density at radius 2 is 1.85 bits per heavy atom. The van der Waals surface area contributed by atoms with E-state index in [4.69, 9.17) is 9.47 Å². The van der Waals surface area contributed by atoms with Crippen molar-refractivity contribution >= 4 is 26.6 Å². The Kier molecular flexibility index (Phi) is 4.49. The molecule has 0 atom stereocenters. The predicted molar refractivity (Wildman–Crippen MR) is 92.6 cm³/mol. The molecule has 0 saturated carbocycles. The van der Waals surface area contributed by atoms with Gasteiger partial charge in [-0.2, -0.15) is 8.42 Å². The van der Waals surface area contributed by atoms with Gasteiger partial charge in [0.1, 0.15) is 21.9 Å². The van der Waals surface area contributed by atoms with Gasteiger partial charge in [-0.15, -0.1) is 5.10 Å². The molecular weight excluding hydrogens is 380 g/mol. The zero-order valence-corrected chi connectivity index (χ0v) is 14.8. The molecule has 0 unspecified atom stereocenters. The molecule has 2 aromatic carbocycles. The third kappa shape index (κ3) is 3.06. The molecule has 11 nitrogen and oxygen atoms in total. The van der Waals surface area contributed by atoms with E-state index in [0.717, 1.165) is 12.1 Å². The SMILES string of the molecule is COc1ccc(OC)c(S(=O)(=O)n2nnc3ccc([N+](=O)[O-])cc3c2=O)c1. The Hall–Kier alpha value is -3.54. The maximum Gasteiger partial charge on any atom is 0.292 e. The summed E-state index contributed by atoms with van der Waals surface area (Å²) in [5.41, 5.74) is -1.43. The van der Waals surface area contributed by atoms with Crippen LogP contribution in [0.2, 0.25) is 0 Å². The van der Waals surface area contributed by atoms with Crippen LogP contribution in [0.1, 0.15) is 0 Å². The van der Waals surface area contributed by atoms with Crippen LogP contribution in [0.4, 0.5) is 5.69 Å². The minimum atomic E-state index is -4.51. The predicted octanol–water partition coefficient (Wildman–Crippen LogP) is 0.954. The van der Waals surface area contributed by atoms with Crippen molar-refractivity contribution in [3.05, 3.63) is 56.9 Å². The lowest BCUT2D eigenvalue weighted by molar-refractivity contribution is -0.384. The van der Waals surface area contributed by atoms with E-state index in [-0.39, 0.29) is 37.1 Å².